The van der Waals surface area contributed by atoms with Crippen molar-refractivity contribution in [1.29, 1.82) is 0 Å². The van der Waals surface area contributed by atoms with Crippen molar-refractivity contribution in [3.63, 3.8) is 0 Å². The van der Waals surface area contributed by atoms with Gasteiger partial charge in [0.1, 0.15) is 5.75 Å². The lowest BCUT2D eigenvalue weighted by Gasteiger charge is -2.33. The lowest BCUT2D eigenvalue weighted by atomic mass is 10.2. The lowest BCUT2D eigenvalue weighted by Crippen LogP contribution is -2.47. The number of hydrogen-bond acceptors (Lipinski definition) is 4. The number of benzene rings is 1. The van der Waals surface area contributed by atoms with E-state index in [0.29, 0.717) is 25.3 Å². The van der Waals surface area contributed by atoms with Crippen LogP contribution in [0.3, 0.4) is 0 Å². The van der Waals surface area contributed by atoms with Crippen LogP contribution in [0.5, 0.6) is 5.75 Å². The van der Waals surface area contributed by atoms with Gasteiger partial charge in [-0.3, -0.25) is 9.59 Å². The van der Waals surface area contributed by atoms with Crippen LogP contribution in [0.25, 0.3) is 0 Å². The zero-order valence-electron chi connectivity index (χ0n) is 14.8. The van der Waals surface area contributed by atoms with Crippen LogP contribution in [-0.2, 0) is 9.59 Å². The summed E-state index contributed by atoms with van der Waals surface area (Å²) in [7, 11) is 2.06. The Bertz CT molecular complexity index is 568. The number of ether oxygens (including phenoxy) is 1. The Hall–Kier alpha value is -2.08. The lowest BCUT2D eigenvalue weighted by molar-refractivity contribution is -0.132. The second-order valence-corrected chi connectivity index (χ2v) is 6.01. The molecule has 2 rings (SSSR count). The van der Waals surface area contributed by atoms with E-state index in [1.165, 1.54) is 6.92 Å². The Balaban J connectivity index is 2.02. The number of carbonyl (C=O) groups is 2. The molecular weight excluding hydrogens is 306 g/mol. The number of carbonyl (C=O) groups excluding carboxylic acids is 2. The fraction of sp³-hybridized carbons (Fsp3) is 0.556. The third-order valence-corrected chi connectivity index (χ3v) is 4.24. The maximum Gasteiger partial charge on any atom is 0.224 e. The minimum atomic E-state index is -0.0895. The number of amides is 2. The van der Waals surface area contributed by atoms with Gasteiger partial charge in [-0.2, -0.15) is 0 Å². The standard InChI is InChI=1S/C18H27N3O3/c1-4-24-17-8-6-5-7-16(17)21(15(2)22)10-9-18(23)20-13-11-19(3)12-14-20/h5-8H,4,9-14H2,1-3H3. The molecule has 0 N–H and O–H groups in total. The average molecular weight is 333 g/mol. The summed E-state index contributed by atoms with van der Waals surface area (Å²) in [6.45, 7) is 7.63. The van der Waals surface area contributed by atoms with Crippen molar-refractivity contribution in [3.8, 4) is 5.75 Å². The van der Waals surface area contributed by atoms with Gasteiger partial charge in [0.05, 0.1) is 12.3 Å². The third kappa shape index (κ3) is 4.71. The van der Waals surface area contributed by atoms with E-state index in [1.807, 2.05) is 36.1 Å². The number of piperazine rings is 1. The first-order chi connectivity index (χ1) is 11.5. The van der Waals surface area contributed by atoms with Crippen LogP contribution in [0.1, 0.15) is 20.3 Å². The molecule has 1 aliphatic rings. The van der Waals surface area contributed by atoms with Gasteiger partial charge in [0, 0.05) is 46.1 Å². The Morgan fingerprint density at radius 3 is 2.46 bits per heavy atom. The van der Waals surface area contributed by atoms with Crippen molar-refractivity contribution in [3.05, 3.63) is 24.3 Å². The minimum absolute atomic E-state index is 0.0895. The number of hydrogen-bond donors (Lipinski definition) is 0. The first kappa shape index (κ1) is 18.3. The molecule has 132 valence electrons. The topological polar surface area (TPSA) is 53.1 Å². The molecule has 6 heteroatoms. The molecule has 0 bridgehead atoms. The molecule has 1 aromatic carbocycles. The highest BCUT2D eigenvalue weighted by Crippen LogP contribution is 2.28. The van der Waals surface area contributed by atoms with Gasteiger partial charge in [-0.15, -0.1) is 0 Å². The van der Waals surface area contributed by atoms with Crippen LogP contribution >= 0.6 is 0 Å². The Labute approximate surface area is 144 Å². The predicted molar refractivity (Wildman–Crippen MR) is 94.3 cm³/mol. The molecule has 1 aliphatic heterocycles. The van der Waals surface area contributed by atoms with Crippen LogP contribution in [-0.4, -0.2) is 68.0 Å². The van der Waals surface area contributed by atoms with Gasteiger partial charge in [-0.25, -0.2) is 0 Å². The van der Waals surface area contributed by atoms with Crippen molar-refractivity contribution in [1.82, 2.24) is 9.80 Å². The highest BCUT2D eigenvalue weighted by Gasteiger charge is 2.22. The molecule has 0 radical (unpaired) electrons. The van der Waals surface area contributed by atoms with Crippen molar-refractivity contribution < 1.29 is 14.3 Å². The summed E-state index contributed by atoms with van der Waals surface area (Å²) < 4.78 is 5.61. The van der Waals surface area contributed by atoms with Crippen LogP contribution in [0.4, 0.5) is 5.69 Å². The summed E-state index contributed by atoms with van der Waals surface area (Å²) in [5, 5.41) is 0. The Morgan fingerprint density at radius 2 is 1.83 bits per heavy atom. The smallest absolute Gasteiger partial charge is 0.224 e. The normalized spacial score (nSPS) is 15.2. The fourth-order valence-electron chi connectivity index (χ4n) is 2.83. The third-order valence-electron chi connectivity index (χ3n) is 4.24. The number of para-hydroxylation sites is 2. The SMILES string of the molecule is CCOc1ccccc1N(CCC(=O)N1CCN(C)CC1)C(C)=O. The highest BCUT2D eigenvalue weighted by molar-refractivity contribution is 5.93. The van der Waals surface area contributed by atoms with Gasteiger partial charge in [0.2, 0.25) is 11.8 Å². The predicted octanol–water partition coefficient (Wildman–Crippen LogP) is 1.60. The zero-order chi connectivity index (χ0) is 17.5. The summed E-state index contributed by atoms with van der Waals surface area (Å²) in [5.74, 6) is 0.679. The second kappa shape index (κ2) is 8.68. The first-order valence-electron chi connectivity index (χ1n) is 8.49. The van der Waals surface area contributed by atoms with Gasteiger partial charge in [-0.05, 0) is 26.1 Å². The van der Waals surface area contributed by atoms with E-state index in [-0.39, 0.29) is 11.8 Å². The van der Waals surface area contributed by atoms with Crippen LogP contribution < -0.4 is 9.64 Å². The van der Waals surface area contributed by atoms with Crippen LogP contribution in [0, 0.1) is 0 Å². The van der Waals surface area contributed by atoms with Gasteiger partial charge in [0.25, 0.3) is 0 Å². The summed E-state index contributed by atoms with van der Waals surface area (Å²) in [6.07, 6.45) is 0.323. The molecule has 0 spiro atoms. The Kier molecular flexibility index (Phi) is 6.61. The summed E-state index contributed by atoms with van der Waals surface area (Å²) >= 11 is 0. The molecule has 1 aromatic rings. The molecule has 6 nitrogen and oxygen atoms in total. The number of likely N-dealkylation sites (N-methyl/N-ethyl adjacent to an activating group) is 1. The monoisotopic (exact) mass is 333 g/mol. The molecule has 0 saturated carbocycles. The molecular formula is C18H27N3O3. The van der Waals surface area contributed by atoms with Crippen molar-refractivity contribution in [2.75, 3.05) is 51.3 Å². The van der Waals surface area contributed by atoms with E-state index in [4.69, 9.17) is 4.74 Å². The number of rotatable bonds is 6. The molecule has 0 aromatic heterocycles. The minimum Gasteiger partial charge on any atom is -0.492 e. The summed E-state index contributed by atoms with van der Waals surface area (Å²) in [5.41, 5.74) is 0.720. The van der Waals surface area contributed by atoms with Gasteiger partial charge in [0.15, 0.2) is 0 Å². The largest absolute Gasteiger partial charge is 0.492 e. The van der Waals surface area contributed by atoms with Crippen molar-refractivity contribution in [2.24, 2.45) is 0 Å². The molecule has 0 aliphatic carbocycles. The molecule has 1 heterocycles. The van der Waals surface area contributed by atoms with Gasteiger partial charge in [-0.1, -0.05) is 12.1 Å². The van der Waals surface area contributed by atoms with Crippen molar-refractivity contribution in [2.45, 2.75) is 20.3 Å². The fourth-order valence-corrected chi connectivity index (χ4v) is 2.83. The molecule has 0 atom stereocenters. The molecule has 0 unspecified atom stereocenters. The van der Waals surface area contributed by atoms with E-state index in [1.54, 1.807) is 4.90 Å². The van der Waals surface area contributed by atoms with E-state index >= 15 is 0 Å². The number of nitrogens with zero attached hydrogens (tertiary/aromatic N) is 3. The van der Waals surface area contributed by atoms with E-state index in [9.17, 15) is 9.59 Å². The van der Waals surface area contributed by atoms with Crippen LogP contribution in [0.15, 0.2) is 24.3 Å². The zero-order valence-corrected chi connectivity index (χ0v) is 14.8. The quantitative estimate of drug-likeness (QED) is 0.793. The average Bonchev–Trinajstić information content (AvgIpc) is 2.57. The maximum atomic E-state index is 12.4. The summed E-state index contributed by atoms with van der Waals surface area (Å²) in [6, 6.07) is 7.45. The van der Waals surface area contributed by atoms with E-state index in [2.05, 4.69) is 11.9 Å². The van der Waals surface area contributed by atoms with Gasteiger partial charge >= 0.3 is 0 Å². The molecule has 1 fully saturated rings. The van der Waals surface area contributed by atoms with E-state index in [0.717, 1.165) is 31.9 Å². The molecule has 1 saturated heterocycles. The summed E-state index contributed by atoms with van der Waals surface area (Å²) in [4.78, 5) is 30.2. The van der Waals surface area contributed by atoms with Crippen molar-refractivity contribution >= 4 is 17.5 Å². The highest BCUT2D eigenvalue weighted by atomic mass is 16.5. The first-order valence-corrected chi connectivity index (χ1v) is 8.49. The molecule has 24 heavy (non-hydrogen) atoms. The second-order valence-electron chi connectivity index (χ2n) is 6.01. The maximum absolute atomic E-state index is 12.4. The van der Waals surface area contributed by atoms with Gasteiger partial charge < -0.3 is 19.4 Å². The molecule has 2 amide bonds. The number of anilines is 1. The Morgan fingerprint density at radius 1 is 1.17 bits per heavy atom. The van der Waals surface area contributed by atoms with E-state index < -0.39 is 0 Å². The van der Waals surface area contributed by atoms with Crippen LogP contribution in [0.2, 0.25) is 0 Å².